The molecule has 0 radical (unpaired) electrons. The summed E-state index contributed by atoms with van der Waals surface area (Å²) in [6, 6.07) is 10.4. The van der Waals surface area contributed by atoms with Gasteiger partial charge in [-0.05, 0) is 25.3 Å². The van der Waals surface area contributed by atoms with E-state index in [-0.39, 0.29) is 11.4 Å². The molecule has 2 rings (SSSR count). The maximum Gasteiger partial charge on any atom is 0.313 e. The Morgan fingerprint density at radius 2 is 2.11 bits per heavy atom. The van der Waals surface area contributed by atoms with Gasteiger partial charge in [0.25, 0.3) is 0 Å². The van der Waals surface area contributed by atoms with E-state index in [1.165, 1.54) is 5.56 Å². The molecule has 0 unspecified atom stereocenters. The molecule has 0 aliphatic carbocycles. The molecule has 1 aliphatic rings. The molecule has 0 amide bonds. The number of rotatable bonds is 4. The van der Waals surface area contributed by atoms with Gasteiger partial charge >= 0.3 is 5.97 Å². The number of benzene rings is 1. The van der Waals surface area contributed by atoms with Crippen molar-refractivity contribution in [2.24, 2.45) is 11.3 Å². The number of hydrogen-bond donors (Lipinski definition) is 0. The highest BCUT2D eigenvalue weighted by atomic mass is 16.5. The highest BCUT2D eigenvalue weighted by molar-refractivity contribution is 5.77. The van der Waals surface area contributed by atoms with Crippen LogP contribution < -0.4 is 0 Å². The van der Waals surface area contributed by atoms with Crippen molar-refractivity contribution in [3.05, 3.63) is 35.9 Å². The Morgan fingerprint density at radius 1 is 1.42 bits per heavy atom. The van der Waals surface area contributed by atoms with Crippen LogP contribution in [0.5, 0.6) is 0 Å². The molecule has 2 atom stereocenters. The van der Waals surface area contributed by atoms with Crippen LogP contribution in [0, 0.1) is 11.3 Å². The topological polar surface area (TPSA) is 29.5 Å². The molecule has 1 saturated heterocycles. The van der Waals surface area contributed by atoms with Gasteiger partial charge in [0.2, 0.25) is 0 Å². The van der Waals surface area contributed by atoms with Crippen LogP contribution in [0.15, 0.2) is 30.3 Å². The number of hydrogen-bond acceptors (Lipinski definition) is 3. The third-order valence-corrected chi connectivity index (χ3v) is 4.16. The molecule has 0 bridgehead atoms. The molecular formula is C16H23NO2. The first-order valence-electron chi connectivity index (χ1n) is 6.99. The monoisotopic (exact) mass is 261 g/mol. The van der Waals surface area contributed by atoms with Gasteiger partial charge in [0.1, 0.15) is 0 Å². The normalized spacial score (nSPS) is 27.4. The predicted molar refractivity (Wildman–Crippen MR) is 75.6 cm³/mol. The fourth-order valence-corrected chi connectivity index (χ4v) is 2.80. The Kier molecular flexibility index (Phi) is 4.25. The maximum atomic E-state index is 12.1. The lowest BCUT2D eigenvalue weighted by Crippen LogP contribution is -2.36. The highest BCUT2D eigenvalue weighted by Gasteiger charge is 2.47. The van der Waals surface area contributed by atoms with Gasteiger partial charge in [-0.1, -0.05) is 37.3 Å². The summed E-state index contributed by atoms with van der Waals surface area (Å²) in [5.41, 5.74) is 0.924. The van der Waals surface area contributed by atoms with Crippen LogP contribution >= 0.6 is 0 Å². The second-order valence-electron chi connectivity index (χ2n) is 5.69. The van der Waals surface area contributed by atoms with Crippen LogP contribution in [0.1, 0.15) is 26.3 Å². The van der Waals surface area contributed by atoms with Crippen molar-refractivity contribution >= 4 is 5.97 Å². The van der Waals surface area contributed by atoms with Crippen LogP contribution in [-0.4, -0.2) is 30.6 Å². The van der Waals surface area contributed by atoms with Crippen molar-refractivity contribution in [2.45, 2.75) is 27.3 Å². The molecule has 1 aromatic rings. The first-order chi connectivity index (χ1) is 9.06. The number of ether oxygens (including phenoxy) is 1. The summed E-state index contributed by atoms with van der Waals surface area (Å²) in [7, 11) is 0. The van der Waals surface area contributed by atoms with E-state index in [9.17, 15) is 4.79 Å². The summed E-state index contributed by atoms with van der Waals surface area (Å²) in [6.07, 6.45) is 0. The Labute approximate surface area is 115 Å². The first kappa shape index (κ1) is 14.1. The van der Waals surface area contributed by atoms with E-state index in [1.54, 1.807) is 0 Å². The van der Waals surface area contributed by atoms with Gasteiger partial charge in [-0.2, -0.15) is 0 Å². The quantitative estimate of drug-likeness (QED) is 0.780. The number of carbonyl (C=O) groups is 1. The second-order valence-corrected chi connectivity index (χ2v) is 5.69. The van der Waals surface area contributed by atoms with E-state index in [0.29, 0.717) is 12.5 Å². The lowest BCUT2D eigenvalue weighted by atomic mass is 9.81. The SMILES string of the molecule is CCOC(=O)[C@@]1(C)CN(Cc2ccccc2)C[C@@H]1C. The van der Waals surface area contributed by atoms with Crippen molar-refractivity contribution in [2.75, 3.05) is 19.7 Å². The van der Waals surface area contributed by atoms with Crippen LogP contribution in [0.25, 0.3) is 0 Å². The molecule has 104 valence electrons. The van der Waals surface area contributed by atoms with Crippen molar-refractivity contribution < 1.29 is 9.53 Å². The Hall–Kier alpha value is -1.35. The summed E-state index contributed by atoms with van der Waals surface area (Å²) in [5, 5.41) is 0. The van der Waals surface area contributed by atoms with E-state index in [2.05, 4.69) is 36.1 Å². The summed E-state index contributed by atoms with van der Waals surface area (Å²) in [4.78, 5) is 14.5. The van der Waals surface area contributed by atoms with Crippen LogP contribution in [0.2, 0.25) is 0 Å². The highest BCUT2D eigenvalue weighted by Crippen LogP contribution is 2.37. The third-order valence-electron chi connectivity index (χ3n) is 4.16. The Balaban J connectivity index is 2.03. The third kappa shape index (κ3) is 2.98. The molecule has 0 saturated carbocycles. The average molecular weight is 261 g/mol. The lowest BCUT2D eigenvalue weighted by molar-refractivity contribution is -0.155. The summed E-state index contributed by atoms with van der Waals surface area (Å²) < 4.78 is 5.23. The van der Waals surface area contributed by atoms with Gasteiger partial charge in [0.15, 0.2) is 0 Å². The first-order valence-corrected chi connectivity index (χ1v) is 6.99. The zero-order valence-corrected chi connectivity index (χ0v) is 12.1. The van der Waals surface area contributed by atoms with Crippen molar-refractivity contribution in [1.29, 1.82) is 0 Å². The second kappa shape index (κ2) is 5.74. The van der Waals surface area contributed by atoms with Crippen molar-refractivity contribution in [1.82, 2.24) is 4.90 Å². The smallest absolute Gasteiger partial charge is 0.313 e. The molecule has 0 spiro atoms. The molecular weight excluding hydrogens is 238 g/mol. The maximum absolute atomic E-state index is 12.1. The largest absolute Gasteiger partial charge is 0.466 e. The van der Waals surface area contributed by atoms with Crippen molar-refractivity contribution in [3.8, 4) is 0 Å². The standard InChI is InChI=1S/C16H23NO2/c1-4-19-15(18)16(3)12-17(10-13(16)2)11-14-8-6-5-7-9-14/h5-9,13H,4,10-12H2,1-3H3/t13-,16-/m0/s1. The van der Waals surface area contributed by atoms with Gasteiger partial charge in [-0.25, -0.2) is 0 Å². The Bertz CT molecular complexity index is 432. The Morgan fingerprint density at radius 3 is 2.74 bits per heavy atom. The summed E-state index contributed by atoms with van der Waals surface area (Å²) >= 11 is 0. The molecule has 3 heteroatoms. The van der Waals surface area contributed by atoms with Crippen LogP contribution in [0.4, 0.5) is 0 Å². The summed E-state index contributed by atoms with van der Waals surface area (Å²) in [5.74, 6) is 0.272. The zero-order chi connectivity index (χ0) is 13.9. The minimum absolute atomic E-state index is 0.0574. The van der Waals surface area contributed by atoms with Gasteiger partial charge < -0.3 is 4.74 Å². The molecule has 0 aromatic heterocycles. The molecule has 19 heavy (non-hydrogen) atoms. The van der Waals surface area contributed by atoms with Crippen LogP contribution in [-0.2, 0) is 16.1 Å². The predicted octanol–water partition coefficient (Wildman–Crippen LogP) is 2.71. The zero-order valence-electron chi connectivity index (χ0n) is 12.1. The number of carbonyl (C=O) groups excluding carboxylic acids is 1. The van der Waals surface area contributed by atoms with Crippen molar-refractivity contribution in [3.63, 3.8) is 0 Å². The van der Waals surface area contributed by atoms with E-state index in [4.69, 9.17) is 4.74 Å². The molecule has 1 aliphatic heterocycles. The molecule has 1 fully saturated rings. The number of esters is 1. The fourth-order valence-electron chi connectivity index (χ4n) is 2.80. The van der Waals surface area contributed by atoms with E-state index in [1.807, 2.05) is 19.9 Å². The minimum Gasteiger partial charge on any atom is -0.466 e. The number of likely N-dealkylation sites (tertiary alicyclic amines) is 1. The van der Waals surface area contributed by atoms with Gasteiger partial charge in [0.05, 0.1) is 12.0 Å². The van der Waals surface area contributed by atoms with E-state index in [0.717, 1.165) is 19.6 Å². The van der Waals surface area contributed by atoms with Gasteiger partial charge in [-0.3, -0.25) is 9.69 Å². The van der Waals surface area contributed by atoms with Crippen LogP contribution in [0.3, 0.4) is 0 Å². The van der Waals surface area contributed by atoms with E-state index >= 15 is 0 Å². The lowest BCUT2D eigenvalue weighted by Gasteiger charge is -2.25. The van der Waals surface area contributed by atoms with Gasteiger partial charge in [0, 0.05) is 19.6 Å². The molecule has 1 aromatic carbocycles. The minimum atomic E-state index is -0.370. The molecule has 1 heterocycles. The van der Waals surface area contributed by atoms with Gasteiger partial charge in [-0.15, -0.1) is 0 Å². The summed E-state index contributed by atoms with van der Waals surface area (Å²) in [6.45, 7) is 9.12. The molecule has 0 N–H and O–H groups in total. The molecule has 3 nitrogen and oxygen atoms in total. The van der Waals surface area contributed by atoms with E-state index < -0.39 is 0 Å². The number of nitrogens with zero attached hydrogens (tertiary/aromatic N) is 1. The average Bonchev–Trinajstić information content (AvgIpc) is 2.67. The fraction of sp³-hybridized carbons (Fsp3) is 0.562.